The Morgan fingerprint density at radius 3 is 2.73 bits per heavy atom. The smallest absolute Gasteiger partial charge is 0.271 e. The third-order valence-electron chi connectivity index (χ3n) is 3.39. The van der Waals surface area contributed by atoms with E-state index in [0.717, 1.165) is 22.6 Å². The van der Waals surface area contributed by atoms with Crippen LogP contribution in [0.5, 0.6) is 5.75 Å². The Morgan fingerprint density at radius 2 is 2.09 bits per heavy atom. The highest BCUT2D eigenvalue weighted by atomic mass is 16.5. The highest BCUT2D eigenvalue weighted by Gasteiger charge is 2.14. The number of nitrogens with one attached hydrogen (secondary N) is 1. The number of methoxy groups -OCH3 is 2. The predicted molar refractivity (Wildman–Crippen MR) is 84.1 cm³/mol. The number of rotatable bonds is 6. The van der Waals surface area contributed by atoms with Crippen LogP contribution in [0.25, 0.3) is 11.3 Å². The van der Waals surface area contributed by atoms with E-state index in [-0.39, 0.29) is 5.91 Å². The number of carbonyl (C=O) groups excluding carboxylic acids is 1. The molecule has 0 bridgehead atoms. The van der Waals surface area contributed by atoms with Crippen LogP contribution in [0.2, 0.25) is 0 Å². The molecule has 118 valence electrons. The molecule has 1 heterocycles. The molecule has 1 aromatic carbocycles. The van der Waals surface area contributed by atoms with Gasteiger partial charge in [0.1, 0.15) is 5.75 Å². The molecule has 0 aliphatic rings. The van der Waals surface area contributed by atoms with Gasteiger partial charge in [-0.3, -0.25) is 9.48 Å². The van der Waals surface area contributed by atoms with E-state index >= 15 is 0 Å². The topological polar surface area (TPSA) is 65.4 Å². The van der Waals surface area contributed by atoms with Gasteiger partial charge in [0.05, 0.1) is 19.4 Å². The molecule has 6 nitrogen and oxygen atoms in total. The van der Waals surface area contributed by atoms with Crippen molar-refractivity contribution in [1.82, 2.24) is 15.1 Å². The molecule has 0 spiro atoms. The summed E-state index contributed by atoms with van der Waals surface area (Å²) in [6.07, 6.45) is 0. The van der Waals surface area contributed by atoms with Crippen LogP contribution in [0.4, 0.5) is 0 Å². The maximum absolute atomic E-state index is 12.0. The molecule has 0 atom stereocenters. The fourth-order valence-corrected chi connectivity index (χ4v) is 2.24. The first-order valence-electron chi connectivity index (χ1n) is 7.03. The minimum absolute atomic E-state index is 0.205. The first kappa shape index (κ1) is 16.0. The summed E-state index contributed by atoms with van der Waals surface area (Å²) in [5.74, 6) is 0.632. The maximum atomic E-state index is 12.0. The van der Waals surface area contributed by atoms with Crippen LogP contribution in [0.15, 0.2) is 24.3 Å². The quantitative estimate of drug-likeness (QED) is 0.826. The molecule has 0 aliphatic heterocycles. The number of carbonyl (C=O) groups is 1. The molecule has 1 amide bonds. The molecule has 0 aliphatic carbocycles. The Bertz CT molecular complexity index is 665. The number of ether oxygens (including phenoxy) is 2. The number of nitrogens with zero attached hydrogens (tertiary/aromatic N) is 2. The first-order chi connectivity index (χ1) is 10.6. The van der Waals surface area contributed by atoms with Crippen molar-refractivity contribution in [3.63, 3.8) is 0 Å². The summed E-state index contributed by atoms with van der Waals surface area (Å²) in [7, 11) is 5.06. The molecular weight excluding hydrogens is 282 g/mol. The Balaban J connectivity index is 2.22. The summed E-state index contributed by atoms with van der Waals surface area (Å²) in [6, 6.07) is 7.66. The van der Waals surface area contributed by atoms with E-state index in [4.69, 9.17) is 9.47 Å². The third kappa shape index (κ3) is 3.46. The highest BCUT2D eigenvalue weighted by Crippen LogP contribution is 2.26. The maximum Gasteiger partial charge on any atom is 0.271 e. The van der Waals surface area contributed by atoms with Crippen molar-refractivity contribution in [2.75, 3.05) is 27.4 Å². The summed E-state index contributed by atoms with van der Waals surface area (Å²) in [4.78, 5) is 12.0. The van der Waals surface area contributed by atoms with E-state index in [1.165, 1.54) is 0 Å². The van der Waals surface area contributed by atoms with Crippen LogP contribution >= 0.6 is 0 Å². The molecule has 0 radical (unpaired) electrons. The molecule has 22 heavy (non-hydrogen) atoms. The molecule has 6 heteroatoms. The molecule has 1 aromatic heterocycles. The number of aryl methyl sites for hydroxylation is 2. The SMILES string of the molecule is COCCNC(=O)c1cc(-c2ccc(OC)c(C)c2)n(C)n1. The zero-order chi connectivity index (χ0) is 16.1. The van der Waals surface area contributed by atoms with Gasteiger partial charge in [0.2, 0.25) is 0 Å². The lowest BCUT2D eigenvalue weighted by Crippen LogP contribution is -2.27. The van der Waals surface area contributed by atoms with E-state index in [9.17, 15) is 4.79 Å². The minimum Gasteiger partial charge on any atom is -0.496 e. The standard InChI is InChI=1S/C16H21N3O3/c1-11-9-12(5-6-15(11)22-4)14-10-13(18-19(14)2)16(20)17-7-8-21-3/h5-6,9-10H,7-8H2,1-4H3,(H,17,20). The van der Waals surface area contributed by atoms with Crippen molar-refractivity contribution in [3.8, 4) is 17.0 Å². The van der Waals surface area contributed by atoms with Crippen molar-refractivity contribution < 1.29 is 14.3 Å². The Hall–Kier alpha value is -2.34. The zero-order valence-corrected chi connectivity index (χ0v) is 13.3. The highest BCUT2D eigenvalue weighted by molar-refractivity contribution is 5.93. The van der Waals surface area contributed by atoms with Crippen molar-refractivity contribution in [2.45, 2.75) is 6.92 Å². The lowest BCUT2D eigenvalue weighted by molar-refractivity contribution is 0.0931. The summed E-state index contributed by atoms with van der Waals surface area (Å²) < 4.78 is 11.9. The van der Waals surface area contributed by atoms with Crippen LogP contribution in [0, 0.1) is 6.92 Å². The molecule has 0 saturated heterocycles. The Labute approximate surface area is 130 Å². The molecule has 0 unspecified atom stereocenters. The number of hydrogen-bond acceptors (Lipinski definition) is 4. The van der Waals surface area contributed by atoms with Crippen molar-refractivity contribution in [3.05, 3.63) is 35.5 Å². The van der Waals surface area contributed by atoms with E-state index in [1.54, 1.807) is 25.0 Å². The third-order valence-corrected chi connectivity index (χ3v) is 3.39. The number of amides is 1. The number of aromatic nitrogens is 2. The summed E-state index contributed by atoms with van der Waals surface area (Å²) in [5.41, 5.74) is 3.29. The van der Waals surface area contributed by atoms with Gasteiger partial charge in [0.25, 0.3) is 5.91 Å². The molecular formula is C16H21N3O3. The number of benzene rings is 1. The van der Waals surface area contributed by atoms with Gasteiger partial charge in [0.15, 0.2) is 5.69 Å². The lowest BCUT2D eigenvalue weighted by Gasteiger charge is -2.07. The van der Waals surface area contributed by atoms with Gasteiger partial charge >= 0.3 is 0 Å². The lowest BCUT2D eigenvalue weighted by atomic mass is 10.1. The molecule has 0 saturated carbocycles. The second kappa shape index (κ2) is 7.09. The fraction of sp³-hybridized carbons (Fsp3) is 0.375. The predicted octanol–water partition coefficient (Wildman–Crippen LogP) is 1.78. The van der Waals surface area contributed by atoms with E-state index in [2.05, 4.69) is 10.4 Å². The van der Waals surface area contributed by atoms with Gasteiger partial charge < -0.3 is 14.8 Å². The van der Waals surface area contributed by atoms with Crippen molar-refractivity contribution in [1.29, 1.82) is 0 Å². The molecule has 2 aromatic rings. The molecule has 0 fully saturated rings. The monoisotopic (exact) mass is 303 g/mol. The van der Waals surface area contributed by atoms with E-state index < -0.39 is 0 Å². The fourth-order valence-electron chi connectivity index (χ4n) is 2.24. The van der Waals surface area contributed by atoms with Gasteiger partial charge in [-0.05, 0) is 36.8 Å². The van der Waals surface area contributed by atoms with Crippen LogP contribution < -0.4 is 10.1 Å². The van der Waals surface area contributed by atoms with Crippen LogP contribution in [-0.2, 0) is 11.8 Å². The zero-order valence-electron chi connectivity index (χ0n) is 13.3. The first-order valence-corrected chi connectivity index (χ1v) is 7.03. The van der Waals surface area contributed by atoms with Gasteiger partial charge in [-0.25, -0.2) is 0 Å². The van der Waals surface area contributed by atoms with Gasteiger partial charge in [-0.15, -0.1) is 0 Å². The van der Waals surface area contributed by atoms with Gasteiger partial charge in [-0.1, -0.05) is 0 Å². The largest absolute Gasteiger partial charge is 0.496 e. The summed E-state index contributed by atoms with van der Waals surface area (Å²) >= 11 is 0. The Kier molecular flexibility index (Phi) is 5.16. The van der Waals surface area contributed by atoms with Crippen molar-refractivity contribution >= 4 is 5.91 Å². The average Bonchev–Trinajstić information content (AvgIpc) is 2.89. The van der Waals surface area contributed by atoms with Crippen LogP contribution in [0.3, 0.4) is 0 Å². The second-order valence-electron chi connectivity index (χ2n) is 4.97. The Morgan fingerprint density at radius 1 is 1.32 bits per heavy atom. The van der Waals surface area contributed by atoms with Gasteiger partial charge in [0, 0.05) is 26.3 Å². The normalized spacial score (nSPS) is 10.5. The van der Waals surface area contributed by atoms with E-state index in [0.29, 0.717) is 18.8 Å². The van der Waals surface area contributed by atoms with Crippen LogP contribution in [-0.4, -0.2) is 43.1 Å². The van der Waals surface area contributed by atoms with Gasteiger partial charge in [-0.2, -0.15) is 5.10 Å². The summed E-state index contributed by atoms with van der Waals surface area (Å²) in [6.45, 7) is 2.92. The molecule has 2 rings (SSSR count). The van der Waals surface area contributed by atoms with Crippen molar-refractivity contribution in [2.24, 2.45) is 7.05 Å². The minimum atomic E-state index is -0.205. The summed E-state index contributed by atoms with van der Waals surface area (Å²) in [5, 5.41) is 7.03. The van der Waals surface area contributed by atoms with E-state index in [1.807, 2.05) is 32.2 Å². The average molecular weight is 303 g/mol. The number of hydrogen-bond donors (Lipinski definition) is 1. The van der Waals surface area contributed by atoms with Crippen LogP contribution in [0.1, 0.15) is 16.1 Å². The second-order valence-corrected chi connectivity index (χ2v) is 4.97. The molecule has 1 N–H and O–H groups in total.